The number of nitrogens with zero attached hydrogens (tertiary/aromatic N) is 3. The van der Waals surface area contributed by atoms with Crippen molar-refractivity contribution in [1.82, 2.24) is 9.55 Å². The summed E-state index contributed by atoms with van der Waals surface area (Å²) in [5.74, 6) is 0.217. The summed E-state index contributed by atoms with van der Waals surface area (Å²) in [6.07, 6.45) is 3.65. The molecule has 2 aromatic carbocycles. The van der Waals surface area contributed by atoms with Gasteiger partial charge in [0.05, 0.1) is 17.3 Å². The predicted molar refractivity (Wildman–Crippen MR) is 121 cm³/mol. The SMILES string of the molecule is CC(C)c1cc2cccc(-c3cncc(N(C)C)c3)c2c(=O)n1-c1ccccc1. The van der Waals surface area contributed by atoms with Gasteiger partial charge in [-0.1, -0.05) is 50.2 Å². The van der Waals surface area contributed by atoms with Gasteiger partial charge in [-0.05, 0) is 41.1 Å². The van der Waals surface area contributed by atoms with Crippen LogP contribution in [0.3, 0.4) is 0 Å². The van der Waals surface area contributed by atoms with E-state index in [0.717, 1.165) is 39.0 Å². The van der Waals surface area contributed by atoms with E-state index >= 15 is 0 Å². The summed E-state index contributed by atoms with van der Waals surface area (Å²) in [4.78, 5) is 20.2. The molecule has 0 atom stereocenters. The minimum atomic E-state index is 0.00301. The largest absolute Gasteiger partial charge is 0.376 e. The minimum Gasteiger partial charge on any atom is -0.376 e. The summed E-state index contributed by atoms with van der Waals surface area (Å²) in [7, 11) is 3.97. The molecule has 0 amide bonds. The molecular weight excluding hydrogens is 358 g/mol. The number of anilines is 1. The number of pyridine rings is 2. The van der Waals surface area contributed by atoms with Crippen LogP contribution in [0.25, 0.3) is 27.6 Å². The molecule has 0 N–H and O–H groups in total. The zero-order chi connectivity index (χ0) is 20.5. The quantitative estimate of drug-likeness (QED) is 0.483. The highest BCUT2D eigenvalue weighted by Gasteiger charge is 2.17. The number of hydrogen-bond acceptors (Lipinski definition) is 3. The Hall–Kier alpha value is -3.40. The summed E-state index contributed by atoms with van der Waals surface area (Å²) >= 11 is 0. The molecule has 4 aromatic rings. The van der Waals surface area contributed by atoms with Gasteiger partial charge in [0, 0.05) is 37.2 Å². The van der Waals surface area contributed by atoms with Crippen molar-refractivity contribution in [2.75, 3.05) is 19.0 Å². The maximum atomic E-state index is 13.8. The Kier molecular flexibility index (Phi) is 4.93. The topological polar surface area (TPSA) is 38.1 Å². The van der Waals surface area contributed by atoms with Crippen LogP contribution in [-0.2, 0) is 0 Å². The molecule has 0 radical (unpaired) electrons. The fourth-order valence-electron chi connectivity index (χ4n) is 3.71. The zero-order valence-electron chi connectivity index (χ0n) is 17.3. The van der Waals surface area contributed by atoms with E-state index in [1.807, 2.05) is 84.5 Å². The maximum Gasteiger partial charge on any atom is 0.263 e. The Morgan fingerprint density at radius 2 is 1.69 bits per heavy atom. The average Bonchev–Trinajstić information content (AvgIpc) is 2.73. The number of aromatic nitrogens is 2. The van der Waals surface area contributed by atoms with Crippen LogP contribution in [0.1, 0.15) is 25.5 Å². The monoisotopic (exact) mass is 383 g/mol. The smallest absolute Gasteiger partial charge is 0.263 e. The third-order valence-corrected chi connectivity index (χ3v) is 5.23. The van der Waals surface area contributed by atoms with Gasteiger partial charge in [0.15, 0.2) is 0 Å². The number of fused-ring (bicyclic) bond motifs is 1. The number of hydrogen-bond donors (Lipinski definition) is 0. The van der Waals surface area contributed by atoms with Gasteiger partial charge in [-0.15, -0.1) is 0 Å². The lowest BCUT2D eigenvalue weighted by atomic mass is 9.97. The molecule has 0 aliphatic heterocycles. The molecule has 4 heteroatoms. The summed E-state index contributed by atoms with van der Waals surface area (Å²) < 4.78 is 1.85. The Bertz CT molecular complexity index is 1220. The van der Waals surface area contributed by atoms with Gasteiger partial charge in [0.1, 0.15) is 0 Å². The lowest BCUT2D eigenvalue weighted by Gasteiger charge is -2.19. The van der Waals surface area contributed by atoms with E-state index in [4.69, 9.17) is 0 Å². The van der Waals surface area contributed by atoms with E-state index in [1.165, 1.54) is 0 Å². The van der Waals surface area contributed by atoms with E-state index in [0.29, 0.717) is 0 Å². The Morgan fingerprint density at radius 1 is 0.931 bits per heavy atom. The molecule has 2 aromatic heterocycles. The molecule has 0 aliphatic carbocycles. The van der Waals surface area contributed by atoms with Crippen molar-refractivity contribution in [2.24, 2.45) is 0 Å². The van der Waals surface area contributed by atoms with Crippen molar-refractivity contribution in [1.29, 1.82) is 0 Å². The van der Waals surface area contributed by atoms with Gasteiger partial charge < -0.3 is 4.90 Å². The molecule has 0 saturated carbocycles. The first kappa shape index (κ1) is 18.9. The first-order valence-electron chi connectivity index (χ1n) is 9.84. The van der Waals surface area contributed by atoms with E-state index < -0.39 is 0 Å². The molecule has 2 heterocycles. The van der Waals surface area contributed by atoms with Crippen LogP contribution in [-0.4, -0.2) is 23.6 Å². The highest BCUT2D eigenvalue weighted by Crippen LogP contribution is 2.30. The van der Waals surface area contributed by atoms with Crippen LogP contribution in [0.2, 0.25) is 0 Å². The van der Waals surface area contributed by atoms with Crippen molar-refractivity contribution >= 4 is 16.5 Å². The highest BCUT2D eigenvalue weighted by atomic mass is 16.1. The van der Waals surface area contributed by atoms with Crippen molar-refractivity contribution < 1.29 is 0 Å². The summed E-state index contributed by atoms with van der Waals surface area (Å²) in [5, 5.41) is 1.68. The molecule has 4 rings (SSSR count). The molecule has 29 heavy (non-hydrogen) atoms. The highest BCUT2D eigenvalue weighted by molar-refractivity contribution is 5.96. The zero-order valence-corrected chi connectivity index (χ0v) is 17.3. The van der Waals surface area contributed by atoms with Gasteiger partial charge in [-0.25, -0.2) is 0 Å². The number of para-hydroxylation sites is 1. The summed E-state index contributed by atoms with van der Waals surface area (Å²) in [6.45, 7) is 4.24. The first-order chi connectivity index (χ1) is 14.0. The van der Waals surface area contributed by atoms with E-state index in [1.54, 1.807) is 0 Å². The Balaban J connectivity index is 2.07. The maximum absolute atomic E-state index is 13.8. The van der Waals surface area contributed by atoms with Crippen molar-refractivity contribution in [3.63, 3.8) is 0 Å². The van der Waals surface area contributed by atoms with Crippen LogP contribution >= 0.6 is 0 Å². The van der Waals surface area contributed by atoms with Crippen LogP contribution in [0, 0.1) is 0 Å². The summed E-state index contributed by atoms with van der Waals surface area (Å²) in [5.41, 5.74) is 4.74. The summed E-state index contributed by atoms with van der Waals surface area (Å²) in [6, 6.07) is 20.1. The Labute approximate surface area is 171 Å². The third-order valence-electron chi connectivity index (χ3n) is 5.23. The molecule has 0 bridgehead atoms. The van der Waals surface area contributed by atoms with Crippen LogP contribution in [0.5, 0.6) is 0 Å². The predicted octanol–water partition coefficient (Wildman–Crippen LogP) is 5.24. The van der Waals surface area contributed by atoms with Crippen molar-refractivity contribution in [3.05, 3.63) is 89.1 Å². The minimum absolute atomic E-state index is 0.00301. The van der Waals surface area contributed by atoms with Gasteiger partial charge in [-0.3, -0.25) is 14.3 Å². The fourth-order valence-corrected chi connectivity index (χ4v) is 3.71. The van der Waals surface area contributed by atoms with Gasteiger partial charge in [0.2, 0.25) is 0 Å². The van der Waals surface area contributed by atoms with Gasteiger partial charge in [-0.2, -0.15) is 0 Å². The molecule has 0 saturated heterocycles. The standard InChI is InChI=1S/C25H25N3O/c1-17(2)23-14-18-9-8-12-22(19-13-21(27(3)4)16-26-15-19)24(18)25(29)28(23)20-10-6-5-7-11-20/h5-17H,1-4H3. The number of rotatable bonds is 4. The lowest BCUT2D eigenvalue weighted by molar-refractivity contribution is 0.765. The molecule has 0 fully saturated rings. The second-order valence-electron chi connectivity index (χ2n) is 7.80. The molecule has 146 valence electrons. The first-order valence-corrected chi connectivity index (χ1v) is 9.84. The number of benzene rings is 2. The average molecular weight is 383 g/mol. The van der Waals surface area contributed by atoms with E-state index in [2.05, 4.69) is 31.0 Å². The van der Waals surface area contributed by atoms with Crippen molar-refractivity contribution in [2.45, 2.75) is 19.8 Å². The normalized spacial score (nSPS) is 11.2. The molecule has 0 spiro atoms. The molecular formula is C25H25N3O. The molecule has 4 nitrogen and oxygen atoms in total. The second kappa shape index (κ2) is 7.55. The van der Waals surface area contributed by atoms with E-state index in [-0.39, 0.29) is 11.5 Å². The second-order valence-corrected chi connectivity index (χ2v) is 7.80. The lowest BCUT2D eigenvalue weighted by Crippen LogP contribution is -2.23. The van der Waals surface area contributed by atoms with Crippen LogP contribution in [0.4, 0.5) is 5.69 Å². The third kappa shape index (κ3) is 3.42. The van der Waals surface area contributed by atoms with Crippen LogP contribution in [0.15, 0.2) is 77.9 Å². The van der Waals surface area contributed by atoms with Gasteiger partial charge >= 0.3 is 0 Å². The fraction of sp³-hybridized carbons (Fsp3) is 0.200. The Morgan fingerprint density at radius 3 is 2.38 bits per heavy atom. The van der Waals surface area contributed by atoms with E-state index in [9.17, 15) is 4.79 Å². The van der Waals surface area contributed by atoms with Gasteiger partial charge in [0.25, 0.3) is 5.56 Å². The van der Waals surface area contributed by atoms with Crippen molar-refractivity contribution in [3.8, 4) is 16.8 Å². The van der Waals surface area contributed by atoms with Crippen LogP contribution < -0.4 is 10.5 Å². The molecule has 0 aliphatic rings. The molecule has 0 unspecified atom stereocenters.